The van der Waals surface area contributed by atoms with Crippen LogP contribution in [0.2, 0.25) is 5.15 Å². The third kappa shape index (κ3) is 2.69. The topological polar surface area (TPSA) is 56.0 Å². The van der Waals surface area contributed by atoms with E-state index in [1.54, 1.807) is 12.1 Å². The van der Waals surface area contributed by atoms with E-state index in [-0.39, 0.29) is 5.92 Å². The van der Waals surface area contributed by atoms with Gasteiger partial charge >= 0.3 is 0 Å². The molecule has 82 valence electrons. The van der Waals surface area contributed by atoms with Gasteiger partial charge < -0.3 is 5.73 Å². The van der Waals surface area contributed by atoms with Gasteiger partial charge in [-0.25, -0.2) is 4.98 Å². The van der Waals surface area contributed by atoms with Crippen molar-refractivity contribution in [3.8, 4) is 0 Å². The molecule has 0 spiro atoms. The Morgan fingerprint density at radius 2 is 2.00 bits per heavy atom. The van der Waals surface area contributed by atoms with Gasteiger partial charge in [-0.1, -0.05) is 32.4 Å². The molecule has 0 saturated carbocycles. The Bertz CT molecular complexity index is 377. The number of carbonyl (C=O) groups excluding carboxylic acids is 1. The number of primary amides is 1. The largest absolute Gasteiger partial charge is 0.366 e. The van der Waals surface area contributed by atoms with Crippen molar-refractivity contribution in [2.45, 2.75) is 26.7 Å². The monoisotopic (exact) mass is 226 g/mol. The minimum atomic E-state index is -0.457. The maximum atomic E-state index is 11.2. The predicted octanol–water partition coefficient (Wildman–Crippen LogP) is 2.59. The highest BCUT2D eigenvalue weighted by Gasteiger charge is 2.18. The summed E-state index contributed by atoms with van der Waals surface area (Å²) in [5, 5.41) is 0.391. The lowest BCUT2D eigenvalue weighted by Gasteiger charge is -2.17. The van der Waals surface area contributed by atoms with Crippen LogP contribution in [0.4, 0.5) is 0 Å². The number of pyridine rings is 1. The van der Waals surface area contributed by atoms with Crippen molar-refractivity contribution in [2.24, 2.45) is 11.7 Å². The molecule has 0 saturated heterocycles. The van der Waals surface area contributed by atoms with Crippen molar-refractivity contribution >= 4 is 17.5 Å². The quantitative estimate of drug-likeness (QED) is 0.806. The molecule has 1 amide bonds. The van der Waals surface area contributed by atoms with E-state index in [4.69, 9.17) is 17.3 Å². The van der Waals surface area contributed by atoms with E-state index >= 15 is 0 Å². The number of hydrogen-bond donors (Lipinski definition) is 1. The normalized spacial score (nSPS) is 12.9. The van der Waals surface area contributed by atoms with E-state index < -0.39 is 5.91 Å². The van der Waals surface area contributed by atoms with Crippen LogP contribution in [0.5, 0.6) is 0 Å². The van der Waals surface area contributed by atoms with Crippen LogP contribution in [0.1, 0.15) is 42.7 Å². The van der Waals surface area contributed by atoms with Crippen molar-refractivity contribution in [1.29, 1.82) is 0 Å². The smallest absolute Gasteiger partial charge is 0.250 e. The maximum absolute atomic E-state index is 11.2. The standard InChI is InChI=1S/C11H15ClN2O/c1-6(2)7(3)10-8(11(13)15)4-5-9(12)14-10/h4-7H,1-3H3,(H2,13,15)/t7-/m0/s1. The zero-order valence-electron chi connectivity index (χ0n) is 9.12. The van der Waals surface area contributed by atoms with E-state index in [9.17, 15) is 4.79 Å². The molecular formula is C11H15ClN2O. The molecule has 2 N–H and O–H groups in total. The van der Waals surface area contributed by atoms with Crippen molar-refractivity contribution < 1.29 is 4.79 Å². The molecule has 0 fully saturated rings. The summed E-state index contributed by atoms with van der Waals surface area (Å²) in [6.45, 7) is 6.14. The van der Waals surface area contributed by atoms with Crippen LogP contribution in [-0.2, 0) is 0 Å². The summed E-state index contributed by atoms with van der Waals surface area (Å²) >= 11 is 5.81. The number of nitrogens with zero attached hydrogens (tertiary/aromatic N) is 1. The highest BCUT2D eigenvalue weighted by Crippen LogP contribution is 2.26. The van der Waals surface area contributed by atoms with Gasteiger partial charge in [0.1, 0.15) is 5.15 Å². The Kier molecular flexibility index (Phi) is 3.69. The molecule has 1 atom stereocenters. The fraction of sp³-hybridized carbons (Fsp3) is 0.455. The molecule has 0 aliphatic rings. The maximum Gasteiger partial charge on any atom is 0.250 e. The van der Waals surface area contributed by atoms with Gasteiger partial charge in [0.2, 0.25) is 0 Å². The third-order valence-corrected chi connectivity index (χ3v) is 2.80. The van der Waals surface area contributed by atoms with Gasteiger partial charge in [0, 0.05) is 5.92 Å². The van der Waals surface area contributed by atoms with Gasteiger partial charge in [-0.15, -0.1) is 0 Å². The molecule has 0 aromatic carbocycles. The van der Waals surface area contributed by atoms with Crippen LogP contribution < -0.4 is 5.73 Å². The van der Waals surface area contributed by atoms with E-state index in [0.717, 1.165) is 0 Å². The molecule has 0 radical (unpaired) electrons. The van der Waals surface area contributed by atoms with Gasteiger partial charge in [0.15, 0.2) is 0 Å². The number of rotatable bonds is 3. The van der Waals surface area contributed by atoms with Gasteiger partial charge in [0.25, 0.3) is 5.91 Å². The van der Waals surface area contributed by atoms with Crippen molar-refractivity contribution in [2.75, 3.05) is 0 Å². The summed E-state index contributed by atoms with van der Waals surface area (Å²) in [5.41, 5.74) is 6.42. The van der Waals surface area contributed by atoms with Gasteiger partial charge in [0.05, 0.1) is 11.3 Å². The summed E-state index contributed by atoms with van der Waals surface area (Å²) in [5.74, 6) is 0.0851. The second-order valence-corrected chi connectivity index (χ2v) is 4.35. The molecule has 3 nitrogen and oxygen atoms in total. The number of halogens is 1. The first kappa shape index (κ1) is 12.0. The molecule has 15 heavy (non-hydrogen) atoms. The number of aromatic nitrogens is 1. The molecule has 0 bridgehead atoms. The van der Waals surface area contributed by atoms with Crippen LogP contribution in [0.3, 0.4) is 0 Å². The SMILES string of the molecule is CC(C)[C@H](C)c1nc(Cl)ccc1C(N)=O. The highest BCUT2D eigenvalue weighted by atomic mass is 35.5. The van der Waals surface area contributed by atoms with Crippen LogP contribution in [0.15, 0.2) is 12.1 Å². The summed E-state index contributed by atoms with van der Waals surface area (Å²) in [6.07, 6.45) is 0. The minimum Gasteiger partial charge on any atom is -0.366 e. The molecule has 0 unspecified atom stereocenters. The number of nitrogens with two attached hydrogens (primary N) is 1. The van der Waals surface area contributed by atoms with Crippen LogP contribution in [-0.4, -0.2) is 10.9 Å². The van der Waals surface area contributed by atoms with Gasteiger partial charge in [-0.3, -0.25) is 4.79 Å². The molecule has 0 aliphatic heterocycles. The summed E-state index contributed by atoms with van der Waals surface area (Å²) in [7, 11) is 0. The zero-order chi connectivity index (χ0) is 11.6. The lowest BCUT2D eigenvalue weighted by atomic mass is 9.91. The molecule has 0 aliphatic carbocycles. The third-order valence-electron chi connectivity index (χ3n) is 2.59. The second kappa shape index (κ2) is 4.62. The first-order valence-corrected chi connectivity index (χ1v) is 5.27. The first-order valence-electron chi connectivity index (χ1n) is 4.89. The van der Waals surface area contributed by atoms with Crippen LogP contribution in [0.25, 0.3) is 0 Å². The summed E-state index contributed by atoms with van der Waals surface area (Å²) in [6, 6.07) is 3.21. The second-order valence-electron chi connectivity index (χ2n) is 3.96. The zero-order valence-corrected chi connectivity index (χ0v) is 9.88. The summed E-state index contributed by atoms with van der Waals surface area (Å²) < 4.78 is 0. The fourth-order valence-electron chi connectivity index (χ4n) is 1.32. The lowest BCUT2D eigenvalue weighted by Crippen LogP contribution is -2.17. The Hall–Kier alpha value is -1.09. The number of carbonyl (C=O) groups is 1. The van der Waals surface area contributed by atoms with Crippen molar-refractivity contribution in [3.05, 3.63) is 28.5 Å². The molecule has 1 heterocycles. The van der Waals surface area contributed by atoms with E-state index in [2.05, 4.69) is 18.8 Å². The highest BCUT2D eigenvalue weighted by molar-refractivity contribution is 6.29. The van der Waals surface area contributed by atoms with Crippen molar-refractivity contribution in [1.82, 2.24) is 4.98 Å². The number of amides is 1. The summed E-state index contributed by atoms with van der Waals surface area (Å²) in [4.78, 5) is 15.4. The minimum absolute atomic E-state index is 0.159. The Morgan fingerprint density at radius 3 is 2.47 bits per heavy atom. The van der Waals surface area contributed by atoms with Crippen LogP contribution in [0, 0.1) is 5.92 Å². The van der Waals surface area contributed by atoms with E-state index in [0.29, 0.717) is 22.3 Å². The molecule has 1 aromatic rings. The predicted molar refractivity (Wildman–Crippen MR) is 61.0 cm³/mol. The number of hydrogen-bond acceptors (Lipinski definition) is 2. The van der Waals surface area contributed by atoms with E-state index in [1.165, 1.54) is 0 Å². The van der Waals surface area contributed by atoms with Crippen LogP contribution >= 0.6 is 11.6 Å². The van der Waals surface area contributed by atoms with Gasteiger partial charge in [-0.05, 0) is 18.1 Å². The molecular weight excluding hydrogens is 212 g/mol. The average Bonchev–Trinajstić information content (AvgIpc) is 2.15. The molecule has 1 rings (SSSR count). The van der Waals surface area contributed by atoms with Gasteiger partial charge in [-0.2, -0.15) is 0 Å². The Balaban J connectivity index is 3.24. The van der Waals surface area contributed by atoms with E-state index in [1.807, 2.05) is 6.92 Å². The molecule has 4 heteroatoms. The molecule has 1 aromatic heterocycles. The Morgan fingerprint density at radius 1 is 1.40 bits per heavy atom. The lowest BCUT2D eigenvalue weighted by molar-refractivity contribution is 0.0998. The fourth-order valence-corrected chi connectivity index (χ4v) is 1.48. The first-order chi connectivity index (χ1) is 6.93. The van der Waals surface area contributed by atoms with Crippen molar-refractivity contribution in [3.63, 3.8) is 0 Å². The Labute approximate surface area is 94.6 Å². The average molecular weight is 227 g/mol.